The van der Waals surface area contributed by atoms with Gasteiger partial charge in [-0.05, 0) is 36.4 Å². The lowest BCUT2D eigenvalue weighted by Crippen LogP contribution is -2.48. The normalized spacial score (nSPS) is 24.9. The highest BCUT2D eigenvalue weighted by Crippen LogP contribution is 2.26. The van der Waals surface area contributed by atoms with Gasteiger partial charge in [-0.25, -0.2) is 0 Å². The van der Waals surface area contributed by atoms with Crippen molar-refractivity contribution in [2.75, 3.05) is 26.7 Å². The number of amides is 1. The second kappa shape index (κ2) is 5.62. The molecule has 0 saturated carbocycles. The summed E-state index contributed by atoms with van der Waals surface area (Å²) in [4.78, 5) is 13.8. The first-order valence-corrected chi connectivity index (χ1v) is 6.75. The van der Waals surface area contributed by atoms with E-state index in [0.29, 0.717) is 19.6 Å². The Kier molecular flexibility index (Phi) is 4.15. The van der Waals surface area contributed by atoms with Crippen molar-refractivity contribution in [1.29, 1.82) is 0 Å². The lowest BCUT2D eigenvalue weighted by atomic mass is 10.1. The molecule has 1 amide bonds. The van der Waals surface area contributed by atoms with Crippen LogP contribution in [0, 0.1) is 0 Å². The zero-order valence-electron chi connectivity index (χ0n) is 10.2. The van der Waals surface area contributed by atoms with Gasteiger partial charge in [-0.3, -0.25) is 4.79 Å². The summed E-state index contributed by atoms with van der Waals surface area (Å²) in [6.45, 7) is 3.74. The summed E-state index contributed by atoms with van der Waals surface area (Å²) in [7, 11) is 1.79. The third-order valence-electron chi connectivity index (χ3n) is 2.86. The average Bonchev–Trinajstić information content (AvgIpc) is 2.82. The zero-order chi connectivity index (χ0) is 12.3. The van der Waals surface area contributed by atoms with Crippen molar-refractivity contribution in [1.82, 2.24) is 10.2 Å². The van der Waals surface area contributed by atoms with E-state index in [9.17, 15) is 4.79 Å². The summed E-state index contributed by atoms with van der Waals surface area (Å²) in [5, 5.41) is 7.03. The van der Waals surface area contributed by atoms with E-state index in [0.717, 1.165) is 0 Å². The van der Waals surface area contributed by atoms with Gasteiger partial charge in [-0.15, -0.1) is 0 Å². The fourth-order valence-corrected chi connectivity index (χ4v) is 2.76. The molecule has 1 N–H and O–H groups in total. The minimum atomic E-state index is 0.0193. The number of hydrogen-bond acceptors (Lipinski definition) is 4. The average molecular weight is 254 g/mol. The highest BCUT2D eigenvalue weighted by molar-refractivity contribution is 7.07. The van der Waals surface area contributed by atoms with E-state index in [-0.39, 0.29) is 18.1 Å². The first kappa shape index (κ1) is 12.5. The number of hydrogen-bond donors (Lipinski definition) is 1. The van der Waals surface area contributed by atoms with E-state index in [4.69, 9.17) is 4.74 Å². The van der Waals surface area contributed by atoms with Gasteiger partial charge in [0.15, 0.2) is 0 Å². The molecule has 0 aliphatic carbocycles. The first-order valence-electron chi connectivity index (χ1n) is 5.80. The Bertz CT molecular complexity index is 367. The van der Waals surface area contributed by atoms with Crippen molar-refractivity contribution in [3.8, 4) is 0 Å². The number of carbonyl (C=O) groups excluding carboxylic acids is 1. The topological polar surface area (TPSA) is 41.6 Å². The van der Waals surface area contributed by atoms with Crippen LogP contribution in [0.2, 0.25) is 0 Å². The van der Waals surface area contributed by atoms with Crippen LogP contribution in [-0.4, -0.2) is 43.6 Å². The van der Waals surface area contributed by atoms with Gasteiger partial charge in [0.25, 0.3) is 0 Å². The number of likely N-dealkylation sites (N-methyl/N-ethyl adjacent to an activating group) is 1. The van der Waals surface area contributed by atoms with E-state index in [1.807, 2.05) is 17.2 Å². The highest BCUT2D eigenvalue weighted by atomic mass is 32.1. The number of carbonyl (C=O) groups is 1. The third-order valence-corrected chi connectivity index (χ3v) is 3.56. The fourth-order valence-electron chi connectivity index (χ4n) is 2.06. The second-order valence-electron chi connectivity index (χ2n) is 4.32. The van der Waals surface area contributed by atoms with Crippen molar-refractivity contribution in [3.05, 3.63) is 22.4 Å². The number of ether oxygens (including phenoxy) is 1. The van der Waals surface area contributed by atoms with Gasteiger partial charge in [0.2, 0.25) is 5.91 Å². The number of thiophene rings is 1. The predicted octanol–water partition coefficient (Wildman–Crippen LogP) is 1.26. The molecule has 1 aliphatic heterocycles. The van der Waals surface area contributed by atoms with Crippen LogP contribution in [0.4, 0.5) is 0 Å². The van der Waals surface area contributed by atoms with E-state index < -0.39 is 0 Å². The standard InChI is InChI=1S/C12H18N2O2S/c1-9-6-14(12(15)5-13-2)7-11(16-9)10-3-4-17-8-10/h3-4,8-9,11,13H,5-7H2,1-2H3. The van der Waals surface area contributed by atoms with Crippen LogP contribution in [0.15, 0.2) is 16.8 Å². The largest absolute Gasteiger partial charge is 0.367 e. The lowest BCUT2D eigenvalue weighted by Gasteiger charge is -2.36. The number of morpholine rings is 1. The van der Waals surface area contributed by atoms with Gasteiger partial charge < -0.3 is 15.0 Å². The van der Waals surface area contributed by atoms with Gasteiger partial charge in [0, 0.05) is 6.54 Å². The Morgan fingerprint density at radius 3 is 3.12 bits per heavy atom. The molecule has 1 saturated heterocycles. The molecule has 1 aromatic rings. The van der Waals surface area contributed by atoms with Crippen LogP contribution >= 0.6 is 11.3 Å². The molecule has 1 fully saturated rings. The third kappa shape index (κ3) is 3.06. The van der Waals surface area contributed by atoms with Crippen molar-refractivity contribution in [3.63, 3.8) is 0 Å². The molecule has 1 aromatic heterocycles. The molecule has 94 valence electrons. The van der Waals surface area contributed by atoms with E-state index in [1.54, 1.807) is 18.4 Å². The highest BCUT2D eigenvalue weighted by Gasteiger charge is 2.28. The van der Waals surface area contributed by atoms with E-state index in [2.05, 4.69) is 16.8 Å². The molecule has 1 aliphatic rings. The Morgan fingerprint density at radius 1 is 1.65 bits per heavy atom. The van der Waals surface area contributed by atoms with Gasteiger partial charge in [0.05, 0.1) is 19.2 Å². The maximum atomic E-state index is 11.9. The number of nitrogens with one attached hydrogen (secondary N) is 1. The van der Waals surface area contributed by atoms with Gasteiger partial charge in [-0.2, -0.15) is 11.3 Å². The van der Waals surface area contributed by atoms with Crippen LogP contribution in [0.3, 0.4) is 0 Å². The molecule has 2 atom stereocenters. The Balaban J connectivity index is 2.04. The molecule has 0 spiro atoms. The Morgan fingerprint density at radius 2 is 2.47 bits per heavy atom. The number of nitrogens with zero attached hydrogens (tertiary/aromatic N) is 1. The van der Waals surface area contributed by atoms with Gasteiger partial charge >= 0.3 is 0 Å². The quantitative estimate of drug-likeness (QED) is 0.883. The summed E-state index contributed by atoms with van der Waals surface area (Å²) in [5.74, 6) is 0.142. The second-order valence-corrected chi connectivity index (χ2v) is 5.10. The molecule has 4 nitrogen and oxygen atoms in total. The van der Waals surface area contributed by atoms with E-state index >= 15 is 0 Å². The summed E-state index contributed by atoms with van der Waals surface area (Å²) in [6.07, 6.45) is 0.111. The monoisotopic (exact) mass is 254 g/mol. The van der Waals surface area contributed by atoms with E-state index in [1.165, 1.54) is 5.56 Å². The molecule has 17 heavy (non-hydrogen) atoms. The van der Waals surface area contributed by atoms with Crippen LogP contribution in [0.25, 0.3) is 0 Å². The van der Waals surface area contributed by atoms with Crippen LogP contribution in [-0.2, 0) is 9.53 Å². The van der Waals surface area contributed by atoms with Crippen molar-refractivity contribution < 1.29 is 9.53 Å². The van der Waals surface area contributed by atoms with Crippen molar-refractivity contribution >= 4 is 17.2 Å². The molecular weight excluding hydrogens is 236 g/mol. The lowest BCUT2D eigenvalue weighted by molar-refractivity contribution is -0.143. The maximum Gasteiger partial charge on any atom is 0.236 e. The van der Waals surface area contributed by atoms with Crippen LogP contribution in [0.5, 0.6) is 0 Å². The zero-order valence-corrected chi connectivity index (χ0v) is 11.0. The van der Waals surface area contributed by atoms with Crippen molar-refractivity contribution in [2.45, 2.75) is 19.1 Å². The fraction of sp³-hybridized carbons (Fsp3) is 0.583. The molecule has 5 heteroatoms. The molecular formula is C12H18N2O2S. The Labute approximate surface area is 106 Å². The van der Waals surface area contributed by atoms with Crippen LogP contribution in [0.1, 0.15) is 18.6 Å². The first-order chi connectivity index (χ1) is 8.20. The smallest absolute Gasteiger partial charge is 0.236 e. The van der Waals surface area contributed by atoms with Crippen molar-refractivity contribution in [2.24, 2.45) is 0 Å². The summed E-state index contributed by atoms with van der Waals surface area (Å²) >= 11 is 1.66. The SMILES string of the molecule is CNCC(=O)N1CC(C)OC(c2ccsc2)C1. The summed E-state index contributed by atoms with van der Waals surface area (Å²) in [6, 6.07) is 2.06. The van der Waals surface area contributed by atoms with Gasteiger partial charge in [0.1, 0.15) is 6.10 Å². The molecule has 2 unspecified atom stereocenters. The number of rotatable bonds is 3. The minimum Gasteiger partial charge on any atom is -0.367 e. The summed E-state index contributed by atoms with van der Waals surface area (Å²) < 4.78 is 5.88. The maximum absolute atomic E-state index is 11.9. The Hall–Kier alpha value is -0.910. The summed E-state index contributed by atoms with van der Waals surface area (Å²) in [5.41, 5.74) is 1.17. The van der Waals surface area contributed by atoms with Crippen LogP contribution < -0.4 is 5.32 Å². The molecule has 2 rings (SSSR count). The van der Waals surface area contributed by atoms with Gasteiger partial charge in [-0.1, -0.05) is 0 Å². The molecule has 0 radical (unpaired) electrons. The molecule has 0 bridgehead atoms. The molecule has 0 aromatic carbocycles. The predicted molar refractivity (Wildman–Crippen MR) is 68.1 cm³/mol. The minimum absolute atomic E-state index is 0.0193. The molecule has 2 heterocycles.